The van der Waals surface area contributed by atoms with E-state index in [1.54, 1.807) is 17.7 Å². The number of alkyl halides is 4. The molecule has 2 aromatic heterocycles. The van der Waals surface area contributed by atoms with Crippen molar-refractivity contribution in [2.75, 3.05) is 13.1 Å². The number of halogens is 5. The van der Waals surface area contributed by atoms with Crippen LogP contribution in [0.5, 0.6) is 0 Å². The zero-order chi connectivity index (χ0) is 22.5. The van der Waals surface area contributed by atoms with Crippen LogP contribution in [-0.2, 0) is 24.6 Å². The molecule has 1 unspecified atom stereocenters. The third-order valence-corrected chi connectivity index (χ3v) is 5.49. The Balaban J connectivity index is 1.79. The van der Waals surface area contributed by atoms with Crippen molar-refractivity contribution in [1.29, 1.82) is 0 Å². The molecule has 0 radical (unpaired) electrons. The molecular formula is C21H18F5N3O2. The van der Waals surface area contributed by atoms with Crippen molar-refractivity contribution in [2.24, 2.45) is 7.05 Å². The van der Waals surface area contributed by atoms with E-state index in [4.69, 9.17) is 0 Å². The first-order valence-corrected chi connectivity index (χ1v) is 9.53. The first-order valence-electron chi connectivity index (χ1n) is 9.53. The number of carbonyl (C=O) groups excluding carboxylic acids is 1. The Morgan fingerprint density at radius 3 is 2.61 bits per heavy atom. The highest BCUT2D eigenvalue weighted by molar-refractivity contribution is 5.95. The van der Waals surface area contributed by atoms with Gasteiger partial charge in [-0.15, -0.1) is 0 Å². The number of likely N-dealkylation sites (tertiary alicyclic amines) is 1. The van der Waals surface area contributed by atoms with Gasteiger partial charge in [-0.25, -0.2) is 8.78 Å². The molecule has 31 heavy (non-hydrogen) atoms. The lowest BCUT2D eigenvalue weighted by molar-refractivity contribution is -0.140. The molecule has 0 spiro atoms. The van der Waals surface area contributed by atoms with E-state index in [2.05, 4.69) is 0 Å². The van der Waals surface area contributed by atoms with Gasteiger partial charge in [-0.3, -0.25) is 9.59 Å². The van der Waals surface area contributed by atoms with Gasteiger partial charge in [-0.2, -0.15) is 13.2 Å². The summed E-state index contributed by atoms with van der Waals surface area (Å²) in [5, 5.41) is 0.113. The molecule has 4 rings (SSSR count). The molecule has 1 aromatic carbocycles. The van der Waals surface area contributed by atoms with E-state index in [0.29, 0.717) is 17.6 Å². The molecule has 0 N–H and O–H groups in total. The van der Waals surface area contributed by atoms with Gasteiger partial charge in [0, 0.05) is 31.5 Å². The molecular weight excluding hydrogens is 421 g/mol. The fraction of sp³-hybridized carbons (Fsp3) is 0.333. The maximum Gasteiger partial charge on any atom is 0.419 e. The second-order valence-corrected chi connectivity index (χ2v) is 7.58. The van der Waals surface area contributed by atoms with Gasteiger partial charge in [0.05, 0.1) is 23.0 Å². The van der Waals surface area contributed by atoms with Crippen molar-refractivity contribution in [3.63, 3.8) is 0 Å². The molecule has 1 saturated heterocycles. The Hall–Kier alpha value is -3.17. The van der Waals surface area contributed by atoms with Crippen LogP contribution >= 0.6 is 0 Å². The normalized spacial score (nSPS) is 17.0. The Morgan fingerprint density at radius 2 is 1.97 bits per heavy atom. The first kappa shape index (κ1) is 21.1. The molecule has 164 valence electrons. The summed E-state index contributed by atoms with van der Waals surface area (Å²) in [6.45, 7) is -0.0708. The summed E-state index contributed by atoms with van der Waals surface area (Å²) in [4.78, 5) is 26.9. The molecule has 0 bridgehead atoms. The van der Waals surface area contributed by atoms with Crippen LogP contribution in [0.3, 0.4) is 0 Å². The number of carbonyl (C=O) groups is 1. The summed E-state index contributed by atoms with van der Waals surface area (Å²) in [7, 11) is 1.63. The van der Waals surface area contributed by atoms with Crippen LogP contribution < -0.4 is 5.56 Å². The molecule has 1 fully saturated rings. The van der Waals surface area contributed by atoms with Gasteiger partial charge >= 0.3 is 6.18 Å². The second-order valence-electron chi connectivity index (χ2n) is 7.58. The fourth-order valence-corrected chi connectivity index (χ4v) is 3.88. The van der Waals surface area contributed by atoms with Gasteiger partial charge in [0.15, 0.2) is 0 Å². The van der Waals surface area contributed by atoms with Crippen LogP contribution in [0.1, 0.15) is 12.0 Å². The zero-order valence-electron chi connectivity index (χ0n) is 16.4. The van der Waals surface area contributed by atoms with Gasteiger partial charge < -0.3 is 14.0 Å². The number of pyridine rings is 1. The molecule has 3 aromatic rings. The van der Waals surface area contributed by atoms with E-state index in [1.807, 2.05) is 0 Å². The summed E-state index contributed by atoms with van der Waals surface area (Å²) in [5.74, 6) is -1.82. The van der Waals surface area contributed by atoms with Crippen LogP contribution in [0.4, 0.5) is 22.0 Å². The van der Waals surface area contributed by atoms with E-state index in [1.165, 1.54) is 23.4 Å². The maximum atomic E-state index is 13.7. The van der Waals surface area contributed by atoms with Gasteiger partial charge in [-0.05, 0) is 30.2 Å². The highest BCUT2D eigenvalue weighted by atomic mass is 19.4. The summed E-state index contributed by atoms with van der Waals surface area (Å²) in [5.41, 5.74) is -1.33. The molecule has 10 heteroatoms. The predicted molar refractivity (Wildman–Crippen MR) is 104 cm³/mol. The lowest BCUT2D eigenvalue weighted by Gasteiger charge is -2.16. The van der Waals surface area contributed by atoms with E-state index in [9.17, 15) is 31.5 Å². The third-order valence-electron chi connectivity index (χ3n) is 5.49. The van der Waals surface area contributed by atoms with Gasteiger partial charge in [0.1, 0.15) is 18.5 Å². The highest BCUT2D eigenvalue weighted by Crippen LogP contribution is 2.36. The van der Waals surface area contributed by atoms with Crippen molar-refractivity contribution in [2.45, 2.75) is 25.3 Å². The molecule has 1 atom stereocenters. The molecule has 1 aliphatic heterocycles. The summed E-state index contributed by atoms with van der Waals surface area (Å²) in [6.07, 6.45) is -2.83. The maximum absolute atomic E-state index is 13.7. The minimum atomic E-state index is -4.89. The monoisotopic (exact) mass is 439 g/mol. The Labute approximate surface area is 173 Å². The number of fused-ring (bicyclic) bond motifs is 1. The number of aryl methyl sites for hydroxylation is 1. The lowest BCUT2D eigenvalue weighted by atomic mass is 10.0. The number of rotatable bonds is 3. The minimum absolute atomic E-state index is 0.0256. The van der Waals surface area contributed by atoms with Crippen molar-refractivity contribution in [3.05, 3.63) is 58.4 Å². The van der Waals surface area contributed by atoms with E-state index < -0.39 is 35.2 Å². The second kappa shape index (κ2) is 7.51. The SMILES string of the molecule is Cn1cc(-c2ccc(F)c(C(F)(F)F)c2)c2c(=O)n(CC(=O)N3CCC(F)C3)ccc21. The van der Waals surface area contributed by atoms with Crippen molar-refractivity contribution < 1.29 is 26.7 Å². The molecule has 1 amide bonds. The largest absolute Gasteiger partial charge is 0.419 e. The van der Waals surface area contributed by atoms with Crippen molar-refractivity contribution in [1.82, 2.24) is 14.0 Å². The Kier molecular flexibility index (Phi) is 5.10. The molecule has 0 saturated carbocycles. The highest BCUT2D eigenvalue weighted by Gasteiger charge is 2.34. The average molecular weight is 439 g/mol. The topological polar surface area (TPSA) is 47.2 Å². The number of hydrogen-bond donors (Lipinski definition) is 0. The van der Waals surface area contributed by atoms with Crippen molar-refractivity contribution >= 4 is 16.8 Å². The van der Waals surface area contributed by atoms with Gasteiger partial charge in [0.25, 0.3) is 5.56 Å². The smallest absolute Gasteiger partial charge is 0.350 e. The van der Waals surface area contributed by atoms with Crippen LogP contribution in [0, 0.1) is 5.82 Å². The van der Waals surface area contributed by atoms with Crippen LogP contribution in [0.15, 0.2) is 41.5 Å². The number of hydrogen-bond acceptors (Lipinski definition) is 2. The quantitative estimate of drug-likeness (QED) is 0.584. The van der Waals surface area contributed by atoms with Gasteiger partial charge in [-0.1, -0.05) is 6.07 Å². The lowest BCUT2D eigenvalue weighted by Crippen LogP contribution is -2.35. The number of amides is 1. The predicted octanol–water partition coefficient (Wildman–Crippen LogP) is 3.74. The fourth-order valence-electron chi connectivity index (χ4n) is 3.88. The summed E-state index contributed by atoms with van der Waals surface area (Å²) in [6, 6.07) is 4.12. The molecule has 3 heterocycles. The zero-order valence-corrected chi connectivity index (χ0v) is 16.4. The van der Waals surface area contributed by atoms with E-state index in [0.717, 1.165) is 4.57 Å². The summed E-state index contributed by atoms with van der Waals surface area (Å²) >= 11 is 0. The van der Waals surface area contributed by atoms with Crippen molar-refractivity contribution in [3.8, 4) is 11.1 Å². The van der Waals surface area contributed by atoms with E-state index >= 15 is 0 Å². The minimum Gasteiger partial charge on any atom is -0.350 e. The summed E-state index contributed by atoms with van der Waals surface area (Å²) < 4.78 is 69.2. The molecule has 5 nitrogen and oxygen atoms in total. The number of aromatic nitrogens is 2. The first-order chi connectivity index (χ1) is 14.6. The number of nitrogens with zero attached hydrogens (tertiary/aromatic N) is 3. The standard InChI is InChI=1S/C21H18F5N3O2/c1-27-10-14(12-2-3-16(23)15(8-12)21(24,25)26)19-17(27)5-7-29(20(19)31)11-18(30)28-6-4-13(22)9-28/h2-3,5,7-8,10,13H,4,6,9,11H2,1H3. The van der Waals surface area contributed by atoms with Crippen LogP contribution in [0.2, 0.25) is 0 Å². The Morgan fingerprint density at radius 1 is 1.23 bits per heavy atom. The molecule has 1 aliphatic rings. The van der Waals surface area contributed by atoms with Crippen LogP contribution in [0.25, 0.3) is 22.0 Å². The third kappa shape index (κ3) is 3.82. The number of benzene rings is 1. The Bertz CT molecular complexity index is 1230. The van der Waals surface area contributed by atoms with Gasteiger partial charge in [0.2, 0.25) is 5.91 Å². The van der Waals surface area contributed by atoms with Crippen LogP contribution in [-0.4, -0.2) is 39.2 Å². The van der Waals surface area contributed by atoms with E-state index in [-0.39, 0.29) is 42.6 Å². The molecule has 0 aliphatic carbocycles. The average Bonchev–Trinajstić information content (AvgIpc) is 3.27.